The highest BCUT2D eigenvalue weighted by molar-refractivity contribution is 5.20. The lowest BCUT2D eigenvalue weighted by atomic mass is 9.98. The van der Waals surface area contributed by atoms with Crippen LogP contribution in [0.2, 0.25) is 0 Å². The normalized spacial score (nSPS) is 18.5. The first-order chi connectivity index (χ1) is 9.63. The molecule has 0 radical (unpaired) electrons. The predicted molar refractivity (Wildman–Crippen MR) is 76.3 cm³/mol. The van der Waals surface area contributed by atoms with Gasteiger partial charge >= 0.3 is 0 Å². The van der Waals surface area contributed by atoms with E-state index in [1.807, 2.05) is 20.0 Å². The summed E-state index contributed by atoms with van der Waals surface area (Å²) < 4.78 is 7.52. The summed E-state index contributed by atoms with van der Waals surface area (Å²) in [5.74, 6) is 2.87. The van der Waals surface area contributed by atoms with Gasteiger partial charge in [0, 0.05) is 44.0 Å². The number of aromatic nitrogens is 3. The first kappa shape index (κ1) is 13.4. The Bertz CT molecular complexity index is 567. The number of fused-ring (bicyclic) bond motifs is 1. The van der Waals surface area contributed by atoms with Crippen molar-refractivity contribution in [2.45, 2.75) is 39.8 Å². The predicted octanol–water partition coefficient (Wildman–Crippen LogP) is 2.18. The molecule has 1 unspecified atom stereocenters. The molecule has 0 aliphatic carbocycles. The summed E-state index contributed by atoms with van der Waals surface area (Å²) in [6, 6.07) is 0. The Morgan fingerprint density at radius 2 is 2.30 bits per heavy atom. The molecule has 1 aliphatic heterocycles. The minimum atomic E-state index is 0.696. The molecule has 20 heavy (non-hydrogen) atoms. The number of hydrogen-bond donors (Lipinski definition) is 0. The summed E-state index contributed by atoms with van der Waals surface area (Å²) in [6.07, 6.45) is 6.32. The molecule has 0 N–H and O–H groups in total. The average Bonchev–Trinajstić information content (AvgIpc) is 3.00. The first-order valence-corrected chi connectivity index (χ1v) is 7.23. The fourth-order valence-corrected chi connectivity index (χ4v) is 3.09. The lowest BCUT2D eigenvalue weighted by Crippen LogP contribution is -2.31. The van der Waals surface area contributed by atoms with Gasteiger partial charge in [-0.15, -0.1) is 0 Å². The molecule has 5 nitrogen and oxygen atoms in total. The van der Waals surface area contributed by atoms with Crippen molar-refractivity contribution < 1.29 is 4.52 Å². The number of rotatable bonds is 4. The molecule has 2 aromatic rings. The fourth-order valence-electron chi connectivity index (χ4n) is 3.09. The summed E-state index contributed by atoms with van der Waals surface area (Å²) in [5.41, 5.74) is 2.24. The highest BCUT2D eigenvalue weighted by atomic mass is 16.5. The van der Waals surface area contributed by atoms with Crippen LogP contribution >= 0.6 is 0 Å². The molecular weight excluding hydrogens is 252 g/mol. The van der Waals surface area contributed by atoms with Crippen LogP contribution in [0.25, 0.3) is 0 Å². The monoisotopic (exact) mass is 274 g/mol. The highest BCUT2D eigenvalue weighted by Crippen LogP contribution is 2.21. The fraction of sp³-hybridized carbons (Fsp3) is 0.600. The maximum atomic E-state index is 5.23. The van der Waals surface area contributed by atoms with Gasteiger partial charge in [0.05, 0.1) is 5.69 Å². The van der Waals surface area contributed by atoms with Gasteiger partial charge in [0.2, 0.25) is 0 Å². The van der Waals surface area contributed by atoms with E-state index in [1.54, 1.807) is 0 Å². The van der Waals surface area contributed by atoms with E-state index >= 15 is 0 Å². The van der Waals surface area contributed by atoms with Crippen molar-refractivity contribution in [3.63, 3.8) is 0 Å². The topological polar surface area (TPSA) is 47.1 Å². The van der Waals surface area contributed by atoms with E-state index in [0.717, 1.165) is 37.5 Å². The van der Waals surface area contributed by atoms with Crippen molar-refractivity contribution in [2.24, 2.45) is 5.92 Å². The summed E-state index contributed by atoms with van der Waals surface area (Å²) in [5, 5.41) is 4.02. The Kier molecular flexibility index (Phi) is 3.61. The Hall–Kier alpha value is -1.62. The quantitative estimate of drug-likeness (QED) is 0.857. The molecule has 2 aromatic heterocycles. The zero-order valence-corrected chi connectivity index (χ0v) is 12.5. The van der Waals surface area contributed by atoms with Crippen LogP contribution in [0.1, 0.15) is 29.3 Å². The van der Waals surface area contributed by atoms with Crippen LogP contribution in [-0.2, 0) is 19.5 Å². The van der Waals surface area contributed by atoms with Crippen LogP contribution in [-0.4, -0.2) is 33.2 Å². The first-order valence-electron chi connectivity index (χ1n) is 7.23. The maximum Gasteiger partial charge on any atom is 0.138 e. The third kappa shape index (κ3) is 2.63. The molecule has 3 heterocycles. The SMILES string of the molecule is Cc1noc(C)c1CN(C)CC1CCc2nccn2C1. The molecule has 0 amide bonds. The van der Waals surface area contributed by atoms with Crippen molar-refractivity contribution in [2.75, 3.05) is 13.6 Å². The molecular formula is C15H22N4O. The molecule has 3 rings (SSSR count). The number of aryl methyl sites for hydroxylation is 3. The van der Waals surface area contributed by atoms with Crippen molar-refractivity contribution in [1.82, 2.24) is 19.6 Å². The molecule has 5 heteroatoms. The second kappa shape index (κ2) is 5.40. The van der Waals surface area contributed by atoms with Crippen molar-refractivity contribution in [3.8, 4) is 0 Å². The lowest BCUT2D eigenvalue weighted by Gasteiger charge is -2.28. The standard InChI is InChI=1S/C15H22N4O/c1-11-14(12(2)20-17-11)10-18(3)8-13-4-5-15-16-6-7-19(15)9-13/h6-7,13H,4-5,8-10H2,1-3H3. The minimum absolute atomic E-state index is 0.696. The van der Waals surface area contributed by atoms with Gasteiger partial charge in [0.25, 0.3) is 0 Å². The van der Waals surface area contributed by atoms with E-state index in [2.05, 4.69) is 32.9 Å². The molecule has 1 atom stereocenters. The van der Waals surface area contributed by atoms with Crippen LogP contribution < -0.4 is 0 Å². The molecule has 0 bridgehead atoms. The minimum Gasteiger partial charge on any atom is -0.361 e. The van der Waals surface area contributed by atoms with Gasteiger partial charge < -0.3 is 14.0 Å². The Labute approximate surface area is 119 Å². The van der Waals surface area contributed by atoms with E-state index in [0.29, 0.717) is 5.92 Å². The third-order valence-electron chi connectivity index (χ3n) is 4.21. The molecule has 108 valence electrons. The van der Waals surface area contributed by atoms with Crippen molar-refractivity contribution in [3.05, 3.63) is 35.2 Å². The summed E-state index contributed by atoms with van der Waals surface area (Å²) >= 11 is 0. The summed E-state index contributed by atoms with van der Waals surface area (Å²) in [6.45, 7) is 7.09. The molecule has 0 spiro atoms. The molecule has 0 saturated heterocycles. The van der Waals surface area contributed by atoms with Gasteiger partial charge in [-0.2, -0.15) is 0 Å². The number of imidazole rings is 1. The van der Waals surface area contributed by atoms with Crippen LogP contribution in [0.3, 0.4) is 0 Å². The number of nitrogens with zero attached hydrogens (tertiary/aromatic N) is 4. The summed E-state index contributed by atoms with van der Waals surface area (Å²) in [4.78, 5) is 6.76. The molecule has 0 fully saturated rings. The zero-order valence-electron chi connectivity index (χ0n) is 12.5. The molecule has 0 aromatic carbocycles. The van der Waals surface area contributed by atoms with E-state index in [-0.39, 0.29) is 0 Å². The van der Waals surface area contributed by atoms with Gasteiger partial charge in [-0.1, -0.05) is 5.16 Å². The average molecular weight is 274 g/mol. The van der Waals surface area contributed by atoms with Crippen molar-refractivity contribution in [1.29, 1.82) is 0 Å². The smallest absolute Gasteiger partial charge is 0.138 e. The van der Waals surface area contributed by atoms with Crippen LogP contribution in [0, 0.1) is 19.8 Å². The van der Waals surface area contributed by atoms with Crippen molar-refractivity contribution >= 4 is 0 Å². The third-order valence-corrected chi connectivity index (χ3v) is 4.21. The van der Waals surface area contributed by atoms with Gasteiger partial charge in [-0.05, 0) is 33.2 Å². The molecule has 1 aliphatic rings. The largest absolute Gasteiger partial charge is 0.361 e. The van der Waals surface area contributed by atoms with Crippen LogP contribution in [0.4, 0.5) is 0 Å². The zero-order chi connectivity index (χ0) is 14.1. The second-order valence-corrected chi connectivity index (χ2v) is 5.90. The van der Waals surface area contributed by atoms with Gasteiger partial charge in [0.1, 0.15) is 11.6 Å². The van der Waals surface area contributed by atoms with E-state index in [4.69, 9.17) is 4.52 Å². The van der Waals surface area contributed by atoms with Crippen LogP contribution in [0.15, 0.2) is 16.9 Å². The maximum absolute atomic E-state index is 5.23. The lowest BCUT2D eigenvalue weighted by molar-refractivity contribution is 0.228. The Morgan fingerprint density at radius 3 is 3.05 bits per heavy atom. The van der Waals surface area contributed by atoms with E-state index < -0.39 is 0 Å². The van der Waals surface area contributed by atoms with E-state index in [1.165, 1.54) is 17.8 Å². The van der Waals surface area contributed by atoms with Gasteiger partial charge in [-0.25, -0.2) is 4.98 Å². The Morgan fingerprint density at radius 1 is 1.45 bits per heavy atom. The highest BCUT2D eigenvalue weighted by Gasteiger charge is 2.21. The summed E-state index contributed by atoms with van der Waals surface area (Å²) in [7, 11) is 2.18. The van der Waals surface area contributed by atoms with Crippen LogP contribution in [0.5, 0.6) is 0 Å². The van der Waals surface area contributed by atoms with E-state index in [9.17, 15) is 0 Å². The Balaban J connectivity index is 1.59. The molecule has 0 saturated carbocycles. The number of hydrogen-bond acceptors (Lipinski definition) is 4. The second-order valence-electron chi connectivity index (χ2n) is 5.90. The van der Waals surface area contributed by atoms with Gasteiger partial charge in [0.15, 0.2) is 0 Å². The van der Waals surface area contributed by atoms with Gasteiger partial charge in [-0.3, -0.25) is 0 Å².